The molecule has 5 heteroatoms. The molecule has 0 radical (unpaired) electrons. The molecule has 0 saturated carbocycles. The van der Waals surface area contributed by atoms with Crippen molar-refractivity contribution in [2.75, 3.05) is 9.80 Å². The molecule has 16 aromatic rings. The molecule has 0 bridgehead atoms. The second-order valence-electron chi connectivity index (χ2n) is 22.5. The summed E-state index contributed by atoms with van der Waals surface area (Å²) in [7, 11) is 0. The maximum Gasteiger partial charge on any atom is 0.0541 e. The highest BCUT2D eigenvalue weighted by molar-refractivity contribution is 7.25. The lowest BCUT2D eigenvalue weighted by molar-refractivity contribution is 1.18. The highest BCUT2D eigenvalue weighted by Gasteiger charge is 2.20. The predicted molar refractivity (Wildman–Crippen MR) is 390 cm³/mol. The largest absolute Gasteiger partial charge is 0.310 e. The number of nitrogens with zero attached hydrogens (tertiary/aromatic N) is 4. The number of anilines is 5. The Morgan fingerprint density at radius 1 is 0.367 bits per heavy atom. The molecule has 4 nitrogen and oxygen atoms in total. The van der Waals surface area contributed by atoms with Gasteiger partial charge < -0.3 is 18.9 Å². The molecule has 0 N–H and O–H groups in total. The molecule has 0 unspecified atom stereocenters. The molecule has 90 heavy (non-hydrogen) atoms. The smallest absolute Gasteiger partial charge is 0.0541 e. The van der Waals surface area contributed by atoms with Crippen LogP contribution in [0, 0.1) is 0 Å². The van der Waals surface area contributed by atoms with E-state index in [2.05, 4.69) is 349 Å². The summed E-state index contributed by atoms with van der Waals surface area (Å²) in [6.07, 6.45) is 7.83. The van der Waals surface area contributed by atoms with E-state index in [1.165, 1.54) is 85.9 Å². The first-order valence-electron chi connectivity index (χ1n) is 30.5. The van der Waals surface area contributed by atoms with Crippen molar-refractivity contribution in [1.29, 1.82) is 0 Å². The summed E-state index contributed by atoms with van der Waals surface area (Å²) in [5.41, 5.74) is 18.2. The topological polar surface area (TPSA) is 16.3 Å². The second kappa shape index (κ2) is 23.6. The lowest BCUT2D eigenvalue weighted by Gasteiger charge is -2.27. The average molecular weight is 1170 g/mol. The van der Waals surface area contributed by atoms with Crippen molar-refractivity contribution in [2.45, 2.75) is 6.92 Å². The third-order valence-corrected chi connectivity index (χ3v) is 18.6. The summed E-state index contributed by atoms with van der Waals surface area (Å²) >= 11 is 1.87. The number of fused-ring (bicyclic) bond motifs is 10. The van der Waals surface area contributed by atoms with Crippen LogP contribution in [0.2, 0.25) is 0 Å². The van der Waals surface area contributed by atoms with Crippen molar-refractivity contribution < 1.29 is 0 Å². The average Bonchev–Trinajstić information content (AvgIpc) is 2.07. The Hall–Kier alpha value is -11.5. The first kappa shape index (κ1) is 55.1. The summed E-state index contributed by atoms with van der Waals surface area (Å²) in [6.45, 7) is 14.2. The molecule has 13 aromatic carbocycles. The Morgan fingerprint density at radius 3 is 1.23 bits per heavy atom. The Labute approximate surface area is 528 Å². The van der Waals surface area contributed by atoms with Gasteiger partial charge in [0.1, 0.15) is 0 Å². The van der Waals surface area contributed by atoms with Gasteiger partial charge in [0, 0.05) is 86.4 Å². The molecular formula is C85H62N4S. The van der Waals surface area contributed by atoms with Crippen LogP contribution in [-0.4, -0.2) is 9.13 Å². The fourth-order valence-corrected chi connectivity index (χ4v) is 14.2. The van der Waals surface area contributed by atoms with Crippen LogP contribution >= 0.6 is 11.3 Å². The minimum Gasteiger partial charge on any atom is -0.310 e. The zero-order chi connectivity index (χ0) is 60.7. The standard InChI is InChI=1S/C49H40N2.C36H22N2S/c1-5-36-20-28-42(29-21-36)50(48(8-4)46-17-11-9-14-38(46)7-3)44-32-24-39(25-33-44)40-26-34-45(35-27-40)51(43-30-22-37(6-2)23-31-43)49-19-13-16-41-15-10-12-18-47(41)49;1-5-13-31-25(9-1)26-10-2-6-14-32(26)37(31)23-17-19-35-29(21-23)30-22-24(18-20-36(30)39-35)38-33-15-7-3-11-27(33)28-12-4-8-16-34(28)38/h5-35H,1-2,4H2,3H3;1-22H/b38-7-,48-46+;. The normalized spacial score (nSPS) is 12.0. The van der Waals surface area contributed by atoms with Gasteiger partial charge in [0.05, 0.1) is 33.5 Å². The van der Waals surface area contributed by atoms with Crippen LogP contribution < -0.4 is 20.2 Å². The van der Waals surface area contributed by atoms with Gasteiger partial charge in [-0.2, -0.15) is 0 Å². The van der Waals surface area contributed by atoms with E-state index in [1.807, 2.05) is 29.6 Å². The van der Waals surface area contributed by atoms with Crippen LogP contribution in [0.3, 0.4) is 0 Å². The molecule has 0 aliphatic carbocycles. The molecule has 428 valence electrons. The minimum absolute atomic E-state index is 1.02. The Kier molecular flexibility index (Phi) is 14.5. The molecule has 0 spiro atoms. The lowest BCUT2D eigenvalue weighted by atomic mass is 10.0. The van der Waals surface area contributed by atoms with Gasteiger partial charge in [-0.25, -0.2) is 0 Å². The zero-order valence-corrected chi connectivity index (χ0v) is 50.7. The Bertz CT molecular complexity index is 5270. The summed E-state index contributed by atoms with van der Waals surface area (Å²) in [5.74, 6) is 0. The van der Waals surface area contributed by atoms with Crippen LogP contribution in [0.25, 0.3) is 121 Å². The fraction of sp³-hybridized carbons (Fsp3) is 0.0118. The van der Waals surface area contributed by atoms with Gasteiger partial charge in [-0.15, -0.1) is 11.3 Å². The van der Waals surface area contributed by atoms with E-state index in [9.17, 15) is 0 Å². The Morgan fingerprint density at radius 2 is 0.767 bits per heavy atom. The van der Waals surface area contributed by atoms with Crippen LogP contribution in [-0.2, 0) is 0 Å². The van der Waals surface area contributed by atoms with Crippen molar-refractivity contribution in [2.24, 2.45) is 0 Å². The highest BCUT2D eigenvalue weighted by Crippen LogP contribution is 2.43. The summed E-state index contributed by atoms with van der Waals surface area (Å²) in [5, 5.41) is 12.4. The van der Waals surface area contributed by atoms with Crippen molar-refractivity contribution >= 4 is 138 Å². The molecule has 0 aliphatic heterocycles. The van der Waals surface area contributed by atoms with Gasteiger partial charge in [-0.05, 0) is 161 Å². The molecule has 3 heterocycles. The minimum atomic E-state index is 1.02. The third-order valence-electron chi connectivity index (χ3n) is 17.5. The van der Waals surface area contributed by atoms with Crippen LogP contribution in [0.15, 0.2) is 323 Å². The van der Waals surface area contributed by atoms with Gasteiger partial charge in [0.2, 0.25) is 0 Å². The van der Waals surface area contributed by atoms with Gasteiger partial charge in [0.15, 0.2) is 0 Å². The van der Waals surface area contributed by atoms with Crippen molar-refractivity contribution in [3.63, 3.8) is 0 Å². The lowest BCUT2D eigenvalue weighted by Crippen LogP contribution is -2.31. The van der Waals surface area contributed by atoms with E-state index in [1.54, 1.807) is 0 Å². The highest BCUT2D eigenvalue weighted by atomic mass is 32.1. The summed E-state index contributed by atoms with van der Waals surface area (Å²) in [4.78, 5) is 4.60. The molecule has 3 aromatic heterocycles. The van der Waals surface area contributed by atoms with E-state index in [4.69, 9.17) is 0 Å². The number of para-hydroxylation sites is 4. The zero-order valence-electron chi connectivity index (χ0n) is 49.9. The first-order valence-corrected chi connectivity index (χ1v) is 31.3. The van der Waals surface area contributed by atoms with E-state index >= 15 is 0 Å². The summed E-state index contributed by atoms with van der Waals surface area (Å²) in [6, 6.07) is 107. The molecule has 0 amide bonds. The molecule has 16 rings (SSSR count). The third kappa shape index (κ3) is 9.84. The quantitative estimate of drug-likeness (QED) is 0.121. The number of hydrogen-bond acceptors (Lipinski definition) is 3. The number of hydrogen-bond donors (Lipinski definition) is 0. The van der Waals surface area contributed by atoms with E-state index in [0.29, 0.717) is 0 Å². The fourth-order valence-electron chi connectivity index (χ4n) is 13.1. The van der Waals surface area contributed by atoms with Gasteiger partial charge >= 0.3 is 0 Å². The van der Waals surface area contributed by atoms with Gasteiger partial charge in [-0.1, -0.05) is 220 Å². The first-order chi connectivity index (χ1) is 44.5. The SMILES string of the molecule is C=C/C(=c1/cccc/c1=C/C)N(c1ccc(C=C)cc1)c1ccc(-c2ccc(N(c3ccc(C=C)cc3)c3cccc4ccccc34)cc2)cc1.c1ccc2c(c1)c1ccccc1n2-c1ccc2sc3ccc(-n4c5ccccc5c5ccccc54)cc3c2c1. The van der Waals surface area contributed by atoms with Gasteiger partial charge in [-0.3, -0.25) is 0 Å². The van der Waals surface area contributed by atoms with Crippen LogP contribution in [0.1, 0.15) is 18.1 Å². The van der Waals surface area contributed by atoms with Gasteiger partial charge in [0.25, 0.3) is 0 Å². The van der Waals surface area contributed by atoms with Crippen LogP contribution in [0.5, 0.6) is 0 Å². The van der Waals surface area contributed by atoms with E-state index < -0.39 is 0 Å². The van der Waals surface area contributed by atoms with Crippen LogP contribution in [0.4, 0.5) is 28.4 Å². The van der Waals surface area contributed by atoms with Crippen molar-refractivity contribution in [3.8, 4) is 22.5 Å². The maximum absolute atomic E-state index is 4.26. The number of rotatable bonds is 12. The number of thiophene rings is 1. The van der Waals surface area contributed by atoms with Crippen molar-refractivity contribution in [1.82, 2.24) is 9.13 Å². The molecule has 0 saturated heterocycles. The van der Waals surface area contributed by atoms with E-state index in [-0.39, 0.29) is 0 Å². The van der Waals surface area contributed by atoms with E-state index in [0.717, 1.165) is 66.8 Å². The summed E-state index contributed by atoms with van der Waals surface area (Å²) < 4.78 is 7.44. The Balaban J connectivity index is 0.000000155. The molecule has 0 aliphatic rings. The number of benzene rings is 13. The molecular weight excluding hydrogens is 1110 g/mol. The molecule has 0 fully saturated rings. The second-order valence-corrected chi connectivity index (χ2v) is 23.6. The molecule has 0 atom stereocenters. The monoisotopic (exact) mass is 1170 g/mol. The predicted octanol–water partition coefficient (Wildman–Crippen LogP) is 22.4. The number of aromatic nitrogens is 2. The van der Waals surface area contributed by atoms with Crippen molar-refractivity contribution in [3.05, 3.63) is 345 Å². The maximum atomic E-state index is 4.26.